The highest BCUT2D eigenvalue weighted by Gasteiger charge is 2.01. The van der Waals surface area contributed by atoms with Gasteiger partial charge in [0.1, 0.15) is 0 Å². The molecule has 3 N–H and O–H groups in total. The summed E-state index contributed by atoms with van der Waals surface area (Å²) in [5.41, 5.74) is 5.39. The van der Waals surface area contributed by atoms with E-state index in [0.29, 0.717) is 5.95 Å². The molecule has 0 saturated heterocycles. The summed E-state index contributed by atoms with van der Waals surface area (Å²) < 4.78 is 3.87. The molecule has 0 bridgehead atoms. The average Bonchev–Trinajstić information content (AvgIpc) is 2.72. The Bertz CT molecular complexity index is 381. The molecule has 2 aromatic heterocycles. The van der Waals surface area contributed by atoms with E-state index in [2.05, 4.69) is 19.7 Å². The van der Waals surface area contributed by atoms with E-state index in [1.54, 1.807) is 11.3 Å². The largest absolute Gasteiger partial charge is 0.367 e. The van der Waals surface area contributed by atoms with Gasteiger partial charge in [0.15, 0.2) is 0 Å². The SMILES string of the molecule is Cc1ncc(CNc2nc(N)ns2)s1. The van der Waals surface area contributed by atoms with Crippen molar-refractivity contribution in [3.05, 3.63) is 16.1 Å². The van der Waals surface area contributed by atoms with Crippen molar-refractivity contribution in [2.45, 2.75) is 13.5 Å². The molecule has 0 atom stereocenters. The van der Waals surface area contributed by atoms with Crippen LogP contribution in [0.3, 0.4) is 0 Å². The van der Waals surface area contributed by atoms with E-state index >= 15 is 0 Å². The Labute approximate surface area is 89.2 Å². The number of hydrogen-bond donors (Lipinski definition) is 2. The lowest BCUT2D eigenvalue weighted by molar-refractivity contribution is 1.15. The van der Waals surface area contributed by atoms with E-state index in [1.807, 2.05) is 13.1 Å². The molecule has 0 amide bonds. The topological polar surface area (TPSA) is 76.7 Å². The van der Waals surface area contributed by atoms with Crippen LogP contribution in [-0.4, -0.2) is 14.3 Å². The van der Waals surface area contributed by atoms with Crippen molar-refractivity contribution in [1.82, 2.24) is 14.3 Å². The monoisotopic (exact) mass is 227 g/mol. The van der Waals surface area contributed by atoms with Gasteiger partial charge in [-0.3, -0.25) is 0 Å². The van der Waals surface area contributed by atoms with Gasteiger partial charge in [0.2, 0.25) is 11.1 Å². The molecular formula is C7H9N5S2. The molecule has 2 aromatic rings. The maximum atomic E-state index is 5.39. The number of nitrogens with two attached hydrogens (primary N) is 1. The number of nitrogens with one attached hydrogen (secondary N) is 1. The lowest BCUT2D eigenvalue weighted by atomic mass is 10.5. The van der Waals surface area contributed by atoms with Gasteiger partial charge in [0.25, 0.3) is 0 Å². The van der Waals surface area contributed by atoms with Gasteiger partial charge in [-0.1, -0.05) is 0 Å². The zero-order valence-electron chi connectivity index (χ0n) is 7.52. The number of anilines is 2. The highest BCUT2D eigenvalue weighted by atomic mass is 32.1. The van der Waals surface area contributed by atoms with Crippen LogP contribution in [0.2, 0.25) is 0 Å². The fraction of sp³-hybridized carbons (Fsp3) is 0.286. The molecule has 0 radical (unpaired) electrons. The molecule has 0 fully saturated rings. The summed E-state index contributed by atoms with van der Waals surface area (Å²) in [6.07, 6.45) is 1.86. The highest BCUT2D eigenvalue weighted by Crippen LogP contribution is 2.16. The Morgan fingerprint density at radius 1 is 1.57 bits per heavy atom. The van der Waals surface area contributed by atoms with Crippen LogP contribution in [-0.2, 0) is 6.54 Å². The van der Waals surface area contributed by atoms with E-state index < -0.39 is 0 Å². The van der Waals surface area contributed by atoms with Crippen LogP contribution >= 0.6 is 22.9 Å². The predicted molar refractivity (Wildman–Crippen MR) is 58.5 cm³/mol. The first-order valence-corrected chi connectivity index (χ1v) is 5.57. The van der Waals surface area contributed by atoms with Crippen molar-refractivity contribution in [2.75, 3.05) is 11.1 Å². The van der Waals surface area contributed by atoms with Crippen LogP contribution in [0.25, 0.3) is 0 Å². The van der Waals surface area contributed by atoms with Crippen LogP contribution < -0.4 is 11.1 Å². The first-order valence-electron chi connectivity index (χ1n) is 3.98. The maximum Gasteiger partial charge on any atom is 0.233 e. The van der Waals surface area contributed by atoms with Crippen LogP contribution in [0.4, 0.5) is 11.1 Å². The summed E-state index contributed by atoms with van der Waals surface area (Å²) in [5, 5.41) is 4.94. The number of nitrogen functional groups attached to an aromatic ring is 1. The number of thiazole rings is 1. The Kier molecular flexibility index (Phi) is 2.60. The third-order valence-corrected chi connectivity index (χ3v) is 3.12. The van der Waals surface area contributed by atoms with E-state index in [9.17, 15) is 0 Å². The van der Waals surface area contributed by atoms with Crippen LogP contribution in [0, 0.1) is 6.92 Å². The second-order valence-corrected chi connectivity index (χ2v) is 4.73. The van der Waals surface area contributed by atoms with Gasteiger partial charge in [0.05, 0.1) is 11.6 Å². The molecule has 0 aliphatic heterocycles. The normalized spacial score (nSPS) is 10.4. The maximum absolute atomic E-state index is 5.39. The quantitative estimate of drug-likeness (QED) is 0.831. The molecule has 0 aromatic carbocycles. The molecule has 74 valence electrons. The molecule has 0 aliphatic carbocycles. The molecule has 7 heteroatoms. The Morgan fingerprint density at radius 3 is 3.00 bits per heavy atom. The fourth-order valence-electron chi connectivity index (χ4n) is 0.956. The summed E-state index contributed by atoms with van der Waals surface area (Å²) >= 11 is 2.93. The van der Waals surface area contributed by atoms with E-state index in [-0.39, 0.29) is 0 Å². The molecule has 0 aliphatic rings. The number of aromatic nitrogens is 3. The van der Waals surface area contributed by atoms with Crippen LogP contribution in [0.1, 0.15) is 9.88 Å². The van der Waals surface area contributed by atoms with Crippen LogP contribution in [0.5, 0.6) is 0 Å². The molecule has 0 unspecified atom stereocenters. The van der Waals surface area contributed by atoms with Gasteiger partial charge in [-0.2, -0.15) is 9.36 Å². The number of nitrogens with zero attached hydrogens (tertiary/aromatic N) is 3. The molecule has 14 heavy (non-hydrogen) atoms. The van der Waals surface area contributed by atoms with Gasteiger partial charge in [-0.05, 0) is 6.92 Å². The molecule has 5 nitrogen and oxygen atoms in total. The van der Waals surface area contributed by atoms with Gasteiger partial charge in [-0.15, -0.1) is 11.3 Å². The lowest BCUT2D eigenvalue weighted by Crippen LogP contribution is -1.97. The summed E-state index contributed by atoms with van der Waals surface area (Å²) in [6, 6.07) is 0. The molecule has 2 heterocycles. The van der Waals surface area contributed by atoms with Gasteiger partial charge in [-0.25, -0.2) is 4.98 Å². The van der Waals surface area contributed by atoms with Gasteiger partial charge in [0, 0.05) is 22.6 Å². The van der Waals surface area contributed by atoms with Crippen molar-refractivity contribution in [1.29, 1.82) is 0 Å². The Hall–Kier alpha value is -1.21. The number of rotatable bonds is 3. The lowest BCUT2D eigenvalue weighted by Gasteiger charge is -1.96. The Morgan fingerprint density at radius 2 is 2.43 bits per heavy atom. The highest BCUT2D eigenvalue weighted by molar-refractivity contribution is 7.11. The summed E-state index contributed by atoms with van der Waals surface area (Å²) in [6.45, 7) is 2.71. The predicted octanol–water partition coefficient (Wildman–Crippen LogP) is 1.50. The molecule has 2 rings (SSSR count). The minimum absolute atomic E-state index is 0.318. The first-order chi connectivity index (χ1) is 6.74. The zero-order chi connectivity index (χ0) is 9.97. The Balaban J connectivity index is 1.94. The van der Waals surface area contributed by atoms with E-state index in [0.717, 1.165) is 16.7 Å². The van der Waals surface area contributed by atoms with Crippen LogP contribution in [0.15, 0.2) is 6.20 Å². The van der Waals surface area contributed by atoms with E-state index in [1.165, 1.54) is 16.4 Å². The summed E-state index contributed by atoms with van der Waals surface area (Å²) in [5.74, 6) is 0.318. The van der Waals surface area contributed by atoms with Gasteiger partial charge >= 0.3 is 0 Å². The zero-order valence-corrected chi connectivity index (χ0v) is 9.15. The molecule has 0 spiro atoms. The van der Waals surface area contributed by atoms with Crippen molar-refractivity contribution in [3.8, 4) is 0 Å². The second kappa shape index (κ2) is 3.89. The van der Waals surface area contributed by atoms with Crippen molar-refractivity contribution < 1.29 is 0 Å². The smallest absolute Gasteiger partial charge is 0.233 e. The minimum Gasteiger partial charge on any atom is -0.367 e. The van der Waals surface area contributed by atoms with Crippen molar-refractivity contribution >= 4 is 33.9 Å². The average molecular weight is 227 g/mol. The third-order valence-electron chi connectivity index (χ3n) is 1.52. The van der Waals surface area contributed by atoms with Crippen molar-refractivity contribution in [2.24, 2.45) is 0 Å². The molecular weight excluding hydrogens is 218 g/mol. The second-order valence-electron chi connectivity index (χ2n) is 2.66. The summed E-state index contributed by atoms with van der Waals surface area (Å²) in [7, 11) is 0. The summed E-state index contributed by atoms with van der Waals surface area (Å²) in [4.78, 5) is 9.32. The fourth-order valence-corrected chi connectivity index (χ4v) is 2.18. The number of hydrogen-bond acceptors (Lipinski definition) is 7. The van der Waals surface area contributed by atoms with Crippen molar-refractivity contribution in [3.63, 3.8) is 0 Å². The standard InChI is InChI=1S/C7H9N5S2/c1-4-9-2-5(13-4)3-10-7-11-6(8)12-14-7/h2H,3H2,1H3,(H3,8,10,11,12). The molecule has 0 saturated carbocycles. The number of aryl methyl sites for hydroxylation is 1. The van der Waals surface area contributed by atoms with Gasteiger partial charge < -0.3 is 11.1 Å². The first kappa shape index (κ1) is 9.35. The minimum atomic E-state index is 0.318. The van der Waals surface area contributed by atoms with E-state index in [4.69, 9.17) is 5.73 Å². The third kappa shape index (κ3) is 2.18.